The summed E-state index contributed by atoms with van der Waals surface area (Å²) in [5.74, 6) is -3.16. The molecule has 0 aromatic rings. The molecule has 0 unspecified atom stereocenters. The summed E-state index contributed by atoms with van der Waals surface area (Å²) in [5.41, 5.74) is -1.82. The van der Waals surface area contributed by atoms with Gasteiger partial charge in [0.15, 0.2) is 11.4 Å². The molecule has 0 radical (unpaired) electrons. The van der Waals surface area contributed by atoms with Gasteiger partial charge >= 0.3 is 0 Å². The Bertz CT molecular complexity index is 339. The number of hydrogen-bond donors (Lipinski definition) is 3. The lowest BCUT2D eigenvalue weighted by Gasteiger charge is -2.43. The second kappa shape index (κ2) is 4.63. The summed E-state index contributed by atoms with van der Waals surface area (Å²) in [5, 5.41) is 30.0. The van der Waals surface area contributed by atoms with E-state index < -0.39 is 41.9 Å². The first-order valence-electron chi connectivity index (χ1n) is 6.22. The van der Waals surface area contributed by atoms with Crippen LogP contribution in [-0.4, -0.2) is 72.1 Å². The van der Waals surface area contributed by atoms with E-state index >= 15 is 0 Å². The van der Waals surface area contributed by atoms with E-state index in [2.05, 4.69) is 0 Å². The zero-order valence-corrected chi connectivity index (χ0v) is 11.6. The van der Waals surface area contributed by atoms with Gasteiger partial charge in [0.1, 0.15) is 12.2 Å². The summed E-state index contributed by atoms with van der Waals surface area (Å²) in [7, 11) is 2.69. The third-order valence-electron chi connectivity index (χ3n) is 4.13. The zero-order valence-electron chi connectivity index (χ0n) is 11.6. The van der Waals surface area contributed by atoms with Crippen LogP contribution in [0.25, 0.3) is 0 Å². The number of aliphatic hydroxyl groups is 3. The van der Waals surface area contributed by atoms with Crippen molar-refractivity contribution >= 4 is 0 Å². The van der Waals surface area contributed by atoms with Crippen molar-refractivity contribution in [3.8, 4) is 0 Å². The van der Waals surface area contributed by atoms with Crippen molar-refractivity contribution in [2.75, 3.05) is 27.4 Å². The van der Waals surface area contributed by atoms with Crippen LogP contribution in [0.5, 0.6) is 0 Å². The van der Waals surface area contributed by atoms with Gasteiger partial charge in [0.2, 0.25) is 5.79 Å². The lowest BCUT2D eigenvalue weighted by Crippen LogP contribution is -2.63. The monoisotopic (exact) mass is 278 g/mol. The minimum absolute atomic E-state index is 0.329. The summed E-state index contributed by atoms with van der Waals surface area (Å²) < 4.78 is 22.0. The van der Waals surface area contributed by atoms with Gasteiger partial charge in [-0.05, 0) is 13.8 Å². The number of hydrogen-bond acceptors (Lipinski definition) is 7. The van der Waals surface area contributed by atoms with E-state index in [1.807, 2.05) is 0 Å². The maximum Gasteiger partial charge on any atom is 0.209 e. The van der Waals surface area contributed by atoms with E-state index in [0.717, 1.165) is 0 Å². The molecule has 1 heterocycles. The zero-order chi connectivity index (χ0) is 14.5. The van der Waals surface area contributed by atoms with E-state index in [1.54, 1.807) is 13.8 Å². The highest BCUT2D eigenvalue weighted by molar-refractivity contribution is 5.18. The largest absolute Gasteiger partial charge is 0.396 e. The Balaban J connectivity index is 2.48. The molecule has 7 nitrogen and oxygen atoms in total. The van der Waals surface area contributed by atoms with Gasteiger partial charge in [0, 0.05) is 14.2 Å². The van der Waals surface area contributed by atoms with Crippen molar-refractivity contribution in [3.05, 3.63) is 0 Å². The standard InChI is InChI=1S/C12H22O7/c1-10(2)18-8-7(5-13)12(16-3,17-4)11(15,6-14)9(8)19-10/h7-9,13-15H,5-6H2,1-4H3/t7-,8+,9+,11+/m0/s1. The Labute approximate surface area is 112 Å². The summed E-state index contributed by atoms with van der Waals surface area (Å²) in [6.07, 6.45) is -1.47. The number of ether oxygens (including phenoxy) is 4. The Morgan fingerprint density at radius 2 is 1.68 bits per heavy atom. The molecule has 112 valence electrons. The van der Waals surface area contributed by atoms with Gasteiger partial charge in [0.05, 0.1) is 19.1 Å². The molecule has 19 heavy (non-hydrogen) atoms. The van der Waals surface area contributed by atoms with Crippen LogP contribution in [0.1, 0.15) is 13.8 Å². The molecule has 2 aliphatic rings. The predicted molar refractivity (Wildman–Crippen MR) is 63.2 cm³/mol. The summed E-state index contributed by atoms with van der Waals surface area (Å²) in [6, 6.07) is 0. The average molecular weight is 278 g/mol. The molecule has 4 atom stereocenters. The summed E-state index contributed by atoms with van der Waals surface area (Å²) in [6.45, 7) is 2.45. The molecule has 1 aliphatic carbocycles. The average Bonchev–Trinajstić information content (AvgIpc) is 2.78. The molecule has 0 bridgehead atoms. The van der Waals surface area contributed by atoms with E-state index in [9.17, 15) is 15.3 Å². The molecule has 2 rings (SSSR count). The smallest absolute Gasteiger partial charge is 0.209 e. The van der Waals surface area contributed by atoms with Gasteiger partial charge in [0.25, 0.3) is 0 Å². The highest BCUT2D eigenvalue weighted by atomic mass is 16.8. The van der Waals surface area contributed by atoms with Crippen molar-refractivity contribution in [1.82, 2.24) is 0 Å². The lowest BCUT2D eigenvalue weighted by atomic mass is 9.91. The summed E-state index contributed by atoms with van der Waals surface area (Å²) in [4.78, 5) is 0. The second-order valence-corrected chi connectivity index (χ2v) is 5.47. The molecule has 1 aliphatic heterocycles. The maximum atomic E-state index is 10.8. The van der Waals surface area contributed by atoms with Gasteiger partial charge in [-0.1, -0.05) is 0 Å². The van der Waals surface area contributed by atoms with Crippen molar-refractivity contribution in [2.45, 2.75) is 43.2 Å². The quantitative estimate of drug-likeness (QED) is 0.558. The van der Waals surface area contributed by atoms with E-state index in [4.69, 9.17) is 18.9 Å². The third-order valence-corrected chi connectivity index (χ3v) is 4.13. The van der Waals surface area contributed by atoms with Crippen molar-refractivity contribution in [2.24, 2.45) is 5.92 Å². The molecule has 0 amide bonds. The van der Waals surface area contributed by atoms with Crippen LogP contribution < -0.4 is 0 Å². The molecule has 0 aromatic heterocycles. The van der Waals surface area contributed by atoms with Crippen molar-refractivity contribution in [3.63, 3.8) is 0 Å². The molecular weight excluding hydrogens is 256 g/mol. The Kier molecular flexibility index (Phi) is 3.68. The third kappa shape index (κ3) is 1.77. The highest BCUT2D eigenvalue weighted by Gasteiger charge is 2.75. The van der Waals surface area contributed by atoms with Gasteiger partial charge < -0.3 is 34.3 Å². The Morgan fingerprint density at radius 3 is 2.11 bits per heavy atom. The van der Waals surface area contributed by atoms with Gasteiger partial charge in [-0.3, -0.25) is 0 Å². The second-order valence-electron chi connectivity index (χ2n) is 5.47. The van der Waals surface area contributed by atoms with Crippen LogP contribution in [0.15, 0.2) is 0 Å². The van der Waals surface area contributed by atoms with E-state index in [1.165, 1.54) is 14.2 Å². The fourth-order valence-corrected chi connectivity index (χ4v) is 3.35. The SMILES string of the molecule is COC1(OC)[C@@H](CO)[C@H]2OC(C)(C)O[C@H]2[C@]1(O)CO. The first-order valence-corrected chi connectivity index (χ1v) is 6.22. The first kappa shape index (κ1) is 15.1. The lowest BCUT2D eigenvalue weighted by molar-refractivity contribution is -0.344. The predicted octanol–water partition coefficient (Wildman–Crippen LogP) is -1.16. The molecule has 0 spiro atoms. The Morgan fingerprint density at radius 1 is 1.11 bits per heavy atom. The summed E-state index contributed by atoms with van der Waals surface area (Å²) >= 11 is 0. The van der Waals surface area contributed by atoms with Gasteiger partial charge in [-0.25, -0.2) is 0 Å². The van der Waals surface area contributed by atoms with E-state index in [0.29, 0.717) is 0 Å². The van der Waals surface area contributed by atoms with Crippen LogP contribution in [0.2, 0.25) is 0 Å². The van der Waals surface area contributed by atoms with Crippen LogP contribution in [0.3, 0.4) is 0 Å². The number of aliphatic hydroxyl groups excluding tert-OH is 2. The van der Waals surface area contributed by atoms with Crippen molar-refractivity contribution in [1.29, 1.82) is 0 Å². The van der Waals surface area contributed by atoms with Gasteiger partial charge in [-0.15, -0.1) is 0 Å². The molecule has 1 saturated carbocycles. The van der Waals surface area contributed by atoms with Crippen LogP contribution in [-0.2, 0) is 18.9 Å². The van der Waals surface area contributed by atoms with Gasteiger partial charge in [-0.2, -0.15) is 0 Å². The molecule has 1 saturated heterocycles. The molecule has 7 heteroatoms. The Hall–Kier alpha value is -0.280. The molecule has 0 aromatic carbocycles. The number of rotatable bonds is 4. The van der Waals surface area contributed by atoms with Crippen LogP contribution >= 0.6 is 0 Å². The van der Waals surface area contributed by atoms with Crippen LogP contribution in [0.4, 0.5) is 0 Å². The van der Waals surface area contributed by atoms with Crippen LogP contribution in [0, 0.1) is 5.92 Å². The highest BCUT2D eigenvalue weighted by Crippen LogP contribution is 2.53. The maximum absolute atomic E-state index is 10.8. The minimum atomic E-state index is -1.82. The minimum Gasteiger partial charge on any atom is -0.396 e. The molecular formula is C12H22O7. The normalized spacial score (nSPS) is 43.4. The van der Waals surface area contributed by atoms with Crippen molar-refractivity contribution < 1.29 is 34.3 Å². The number of methoxy groups -OCH3 is 2. The number of fused-ring (bicyclic) bond motifs is 1. The fraction of sp³-hybridized carbons (Fsp3) is 1.00. The molecule has 2 fully saturated rings. The van der Waals surface area contributed by atoms with E-state index in [-0.39, 0.29) is 6.61 Å². The molecule has 3 N–H and O–H groups in total. The first-order chi connectivity index (χ1) is 8.81. The fourth-order valence-electron chi connectivity index (χ4n) is 3.35. The topological polar surface area (TPSA) is 97.6 Å².